The van der Waals surface area contributed by atoms with E-state index in [4.69, 9.17) is 22.0 Å². The molecule has 0 radical (unpaired) electrons. The van der Waals surface area contributed by atoms with Gasteiger partial charge in [0.05, 0.1) is 4.90 Å². The van der Waals surface area contributed by atoms with Gasteiger partial charge in [-0.25, -0.2) is 18.5 Å². The van der Waals surface area contributed by atoms with Crippen molar-refractivity contribution in [2.24, 2.45) is 5.14 Å². The number of hydrogen-bond acceptors (Lipinski definition) is 6. The number of sulfonamides is 1. The Bertz CT molecular complexity index is 965. The fourth-order valence-corrected chi connectivity index (χ4v) is 2.38. The number of anilines is 2. The molecule has 1 heterocycles. The molecule has 0 aliphatic carbocycles. The van der Waals surface area contributed by atoms with Crippen LogP contribution >= 0.6 is 11.6 Å². The number of benzene rings is 1. The molecule has 0 saturated carbocycles. The van der Waals surface area contributed by atoms with Gasteiger partial charge in [-0.2, -0.15) is 5.26 Å². The van der Waals surface area contributed by atoms with Crippen molar-refractivity contribution in [3.8, 4) is 6.07 Å². The van der Waals surface area contributed by atoms with Gasteiger partial charge in [-0.1, -0.05) is 11.6 Å². The molecule has 2 rings (SSSR count). The van der Waals surface area contributed by atoms with Crippen molar-refractivity contribution in [3.05, 3.63) is 59.4 Å². The Hall–Kier alpha value is -2.93. The Morgan fingerprint density at radius 1 is 1.28 bits per heavy atom. The summed E-state index contributed by atoms with van der Waals surface area (Å²) in [5.41, 5.74) is 0.0942. The van der Waals surface area contributed by atoms with Crippen LogP contribution in [-0.2, 0) is 14.8 Å². The van der Waals surface area contributed by atoms with Crippen molar-refractivity contribution in [3.63, 3.8) is 0 Å². The Labute approximate surface area is 149 Å². The molecule has 0 aliphatic rings. The molecule has 0 saturated heterocycles. The molecular weight excluding hydrogens is 366 g/mol. The summed E-state index contributed by atoms with van der Waals surface area (Å²) in [5.74, 6) is -0.314. The predicted molar refractivity (Wildman–Crippen MR) is 93.0 cm³/mol. The zero-order chi connectivity index (χ0) is 18.4. The molecular formula is C15H12ClN5O3S. The molecule has 0 unspecified atom stereocenters. The summed E-state index contributed by atoms with van der Waals surface area (Å²) >= 11 is 5.81. The first-order chi connectivity index (χ1) is 11.8. The summed E-state index contributed by atoms with van der Waals surface area (Å²) in [6.45, 7) is 0. The van der Waals surface area contributed by atoms with Crippen LogP contribution in [-0.4, -0.2) is 19.3 Å². The molecule has 1 aromatic heterocycles. The van der Waals surface area contributed by atoms with Crippen molar-refractivity contribution in [1.29, 1.82) is 5.26 Å². The van der Waals surface area contributed by atoms with Crippen LogP contribution in [0, 0.1) is 11.3 Å². The first-order valence-electron chi connectivity index (χ1n) is 6.72. The van der Waals surface area contributed by atoms with E-state index in [9.17, 15) is 13.2 Å². The Balaban J connectivity index is 2.09. The lowest BCUT2D eigenvalue weighted by molar-refractivity contribution is -0.112. The summed E-state index contributed by atoms with van der Waals surface area (Å²) < 4.78 is 22.4. The van der Waals surface area contributed by atoms with E-state index in [0.717, 1.165) is 0 Å². The van der Waals surface area contributed by atoms with E-state index in [-0.39, 0.29) is 10.5 Å². The minimum atomic E-state index is -3.82. The summed E-state index contributed by atoms with van der Waals surface area (Å²) in [6.07, 6.45) is 2.66. The maximum Gasteiger partial charge on any atom is 0.267 e. The van der Waals surface area contributed by atoms with E-state index in [2.05, 4.69) is 15.6 Å². The van der Waals surface area contributed by atoms with Gasteiger partial charge < -0.3 is 10.6 Å². The second kappa shape index (κ2) is 7.76. The second-order valence-electron chi connectivity index (χ2n) is 4.70. The average Bonchev–Trinajstić information content (AvgIpc) is 2.55. The monoisotopic (exact) mass is 377 g/mol. The number of pyridine rings is 1. The number of hydrogen-bond donors (Lipinski definition) is 3. The molecule has 4 N–H and O–H groups in total. The Kier molecular flexibility index (Phi) is 5.71. The van der Waals surface area contributed by atoms with E-state index in [0.29, 0.717) is 16.5 Å². The SMILES string of the molecule is N#C/C(=C/Nc1cc(Cl)ccn1)C(=O)Nc1ccc(S(N)(=O)=O)cc1. The van der Waals surface area contributed by atoms with Crippen molar-refractivity contribution in [2.45, 2.75) is 4.90 Å². The summed E-state index contributed by atoms with van der Waals surface area (Å²) in [6, 6.07) is 10.1. The van der Waals surface area contributed by atoms with Crippen LogP contribution in [0.4, 0.5) is 11.5 Å². The third-order valence-corrected chi connectivity index (χ3v) is 4.06. The van der Waals surface area contributed by atoms with Crippen LogP contribution in [0.3, 0.4) is 0 Å². The average molecular weight is 378 g/mol. The maximum atomic E-state index is 12.1. The quantitative estimate of drug-likeness (QED) is 0.536. The third kappa shape index (κ3) is 5.29. The first kappa shape index (κ1) is 18.4. The molecule has 10 heteroatoms. The highest BCUT2D eigenvalue weighted by atomic mass is 35.5. The highest BCUT2D eigenvalue weighted by Crippen LogP contribution is 2.14. The Morgan fingerprint density at radius 3 is 2.52 bits per heavy atom. The van der Waals surface area contributed by atoms with Crippen LogP contribution in [0.2, 0.25) is 5.02 Å². The van der Waals surface area contributed by atoms with Gasteiger partial charge in [-0.05, 0) is 36.4 Å². The number of primary sulfonamides is 1. The highest BCUT2D eigenvalue weighted by molar-refractivity contribution is 7.89. The number of carbonyl (C=O) groups excluding carboxylic acids is 1. The highest BCUT2D eigenvalue weighted by Gasteiger charge is 2.11. The second-order valence-corrected chi connectivity index (χ2v) is 6.69. The lowest BCUT2D eigenvalue weighted by atomic mass is 10.2. The number of amides is 1. The molecule has 1 amide bonds. The molecule has 0 bridgehead atoms. The smallest absolute Gasteiger partial charge is 0.267 e. The fraction of sp³-hybridized carbons (Fsp3) is 0. The summed E-state index contributed by atoms with van der Waals surface area (Å²) in [7, 11) is -3.82. The maximum absolute atomic E-state index is 12.1. The van der Waals surface area contributed by atoms with Gasteiger partial charge in [0.15, 0.2) is 0 Å². The molecule has 0 aliphatic heterocycles. The largest absolute Gasteiger partial charge is 0.345 e. The zero-order valence-corrected chi connectivity index (χ0v) is 14.2. The van der Waals surface area contributed by atoms with E-state index in [1.807, 2.05) is 0 Å². The lowest BCUT2D eigenvalue weighted by Crippen LogP contribution is -2.15. The standard InChI is InChI=1S/C15H12ClN5O3S/c16-11-5-6-19-14(7-11)20-9-10(8-17)15(22)21-12-1-3-13(4-2-12)25(18,23)24/h1-7,9H,(H,19,20)(H,21,22)(H2,18,23,24)/b10-9-. The van der Waals surface area contributed by atoms with Crippen LogP contribution < -0.4 is 15.8 Å². The molecule has 0 spiro atoms. The van der Waals surface area contributed by atoms with Crippen LogP contribution in [0.15, 0.2) is 59.3 Å². The van der Waals surface area contributed by atoms with Crippen LogP contribution in [0.25, 0.3) is 0 Å². The number of aromatic nitrogens is 1. The molecule has 0 fully saturated rings. The summed E-state index contributed by atoms with van der Waals surface area (Å²) in [4.78, 5) is 16.0. The normalized spacial score (nSPS) is 11.5. The topological polar surface area (TPSA) is 138 Å². The first-order valence-corrected chi connectivity index (χ1v) is 8.64. The van der Waals surface area contributed by atoms with Gasteiger partial charge in [0.1, 0.15) is 17.5 Å². The minimum absolute atomic E-state index is 0.0877. The fourth-order valence-electron chi connectivity index (χ4n) is 1.70. The van der Waals surface area contributed by atoms with Crippen molar-refractivity contribution in [1.82, 2.24) is 4.98 Å². The van der Waals surface area contributed by atoms with Crippen LogP contribution in [0.5, 0.6) is 0 Å². The number of nitrogens with one attached hydrogen (secondary N) is 2. The number of nitrogens with two attached hydrogens (primary N) is 1. The van der Waals surface area contributed by atoms with E-state index < -0.39 is 15.9 Å². The number of nitriles is 1. The zero-order valence-electron chi connectivity index (χ0n) is 12.6. The summed E-state index contributed by atoms with van der Waals surface area (Å²) in [5, 5.41) is 19.7. The number of nitrogens with zero attached hydrogens (tertiary/aromatic N) is 2. The Morgan fingerprint density at radius 2 is 1.96 bits per heavy atom. The van der Waals surface area contributed by atoms with Gasteiger partial charge in [0.2, 0.25) is 10.0 Å². The minimum Gasteiger partial charge on any atom is -0.345 e. The van der Waals surface area contributed by atoms with E-state index in [1.165, 1.54) is 42.7 Å². The van der Waals surface area contributed by atoms with Gasteiger partial charge in [-0.3, -0.25) is 4.79 Å². The van der Waals surface area contributed by atoms with Gasteiger partial charge in [-0.15, -0.1) is 0 Å². The molecule has 25 heavy (non-hydrogen) atoms. The number of carbonyl (C=O) groups is 1. The van der Waals surface area contributed by atoms with Crippen molar-refractivity contribution in [2.75, 3.05) is 10.6 Å². The van der Waals surface area contributed by atoms with Crippen LogP contribution in [0.1, 0.15) is 0 Å². The number of halogens is 1. The van der Waals surface area contributed by atoms with E-state index in [1.54, 1.807) is 12.1 Å². The van der Waals surface area contributed by atoms with Gasteiger partial charge >= 0.3 is 0 Å². The molecule has 1 aromatic carbocycles. The van der Waals surface area contributed by atoms with Crippen molar-refractivity contribution >= 4 is 39.0 Å². The lowest BCUT2D eigenvalue weighted by Gasteiger charge is -2.06. The van der Waals surface area contributed by atoms with E-state index >= 15 is 0 Å². The third-order valence-electron chi connectivity index (χ3n) is 2.89. The molecule has 2 aromatic rings. The molecule has 0 atom stereocenters. The predicted octanol–water partition coefficient (Wildman–Crippen LogP) is 1.84. The molecule has 128 valence electrons. The van der Waals surface area contributed by atoms with Gasteiger partial charge in [0, 0.05) is 23.1 Å². The molecule has 8 nitrogen and oxygen atoms in total. The van der Waals surface area contributed by atoms with Crippen molar-refractivity contribution < 1.29 is 13.2 Å². The number of rotatable bonds is 5. The van der Waals surface area contributed by atoms with Gasteiger partial charge in [0.25, 0.3) is 5.91 Å².